The monoisotopic (exact) mass is 484 g/mol. The van der Waals surface area contributed by atoms with Gasteiger partial charge in [-0.3, -0.25) is 0 Å². The topological polar surface area (TPSA) is 43.5 Å². The van der Waals surface area contributed by atoms with Gasteiger partial charge in [-0.1, -0.05) is 129 Å². The summed E-state index contributed by atoms with van der Waals surface area (Å²) in [5.74, 6) is 0. The molecule has 0 aliphatic carbocycles. The maximum absolute atomic E-state index is 5.78. The molecule has 2 fully saturated rings. The van der Waals surface area contributed by atoms with E-state index >= 15 is 0 Å². The van der Waals surface area contributed by atoms with E-state index in [9.17, 15) is 0 Å². The molecule has 2 aliphatic heterocycles. The molecule has 0 aromatic rings. The van der Waals surface area contributed by atoms with Crippen molar-refractivity contribution in [3.8, 4) is 0 Å². The summed E-state index contributed by atoms with van der Waals surface area (Å²) in [6.45, 7) is 9.83. The molecule has 204 valence electrons. The fraction of sp³-hybridized carbons (Fsp3) is 1.00. The highest BCUT2D eigenvalue weighted by atomic mass is 16.6. The molecule has 2 atom stereocenters. The van der Waals surface area contributed by atoms with Crippen LogP contribution in [0.25, 0.3) is 0 Å². The maximum Gasteiger partial charge on any atom is 0.104 e. The third-order valence-corrected chi connectivity index (χ3v) is 6.70. The van der Waals surface area contributed by atoms with Gasteiger partial charge in [0.1, 0.15) is 12.2 Å². The lowest BCUT2D eigenvalue weighted by Crippen LogP contribution is -2.06. The van der Waals surface area contributed by atoms with Crippen molar-refractivity contribution in [1.82, 2.24) is 0 Å². The zero-order valence-electron chi connectivity index (χ0n) is 23.2. The van der Waals surface area contributed by atoms with E-state index in [2.05, 4.69) is 13.8 Å². The summed E-state index contributed by atoms with van der Waals surface area (Å²) < 4.78 is 20.9. The predicted molar refractivity (Wildman–Crippen MR) is 145 cm³/mol. The summed E-state index contributed by atoms with van der Waals surface area (Å²) in [5, 5.41) is 0. The molecule has 0 aromatic carbocycles. The van der Waals surface area contributed by atoms with Gasteiger partial charge in [0.25, 0.3) is 0 Å². The van der Waals surface area contributed by atoms with Gasteiger partial charge in [-0.2, -0.15) is 0 Å². The molecular weight excluding hydrogens is 424 g/mol. The summed E-state index contributed by atoms with van der Waals surface area (Å²) in [6, 6.07) is 0. The molecule has 0 N–H and O–H groups in total. The second-order valence-electron chi connectivity index (χ2n) is 10.4. The van der Waals surface area contributed by atoms with Crippen molar-refractivity contribution in [3.05, 3.63) is 0 Å². The van der Waals surface area contributed by atoms with E-state index in [-0.39, 0.29) is 0 Å². The highest BCUT2D eigenvalue weighted by molar-refractivity contribution is 4.71. The zero-order valence-corrected chi connectivity index (χ0v) is 23.2. The molecule has 2 heterocycles. The van der Waals surface area contributed by atoms with Crippen LogP contribution in [0.3, 0.4) is 0 Å². The molecular formula is C30H60O4. The molecule has 0 saturated carbocycles. The Bertz CT molecular complexity index is 348. The summed E-state index contributed by atoms with van der Waals surface area (Å²) in [7, 11) is 0. The van der Waals surface area contributed by atoms with E-state index in [1.165, 1.54) is 128 Å². The summed E-state index contributed by atoms with van der Waals surface area (Å²) in [6.07, 6.45) is 28.9. The fourth-order valence-electron chi connectivity index (χ4n) is 4.14. The van der Waals surface area contributed by atoms with Gasteiger partial charge in [0, 0.05) is 13.2 Å². The fourth-order valence-corrected chi connectivity index (χ4v) is 4.14. The van der Waals surface area contributed by atoms with E-state index in [0.29, 0.717) is 12.2 Å². The third-order valence-electron chi connectivity index (χ3n) is 6.70. The van der Waals surface area contributed by atoms with Crippen LogP contribution in [0.5, 0.6) is 0 Å². The molecule has 0 radical (unpaired) electrons. The molecule has 0 aromatic heterocycles. The van der Waals surface area contributed by atoms with Crippen LogP contribution >= 0.6 is 0 Å². The average molecular weight is 485 g/mol. The highest BCUT2D eigenvalue weighted by Crippen LogP contribution is 2.13. The molecule has 34 heavy (non-hydrogen) atoms. The van der Waals surface area contributed by atoms with Gasteiger partial charge in [0.05, 0.1) is 26.4 Å². The van der Waals surface area contributed by atoms with E-state index < -0.39 is 0 Å². The largest absolute Gasteiger partial charge is 0.381 e. The average Bonchev–Trinajstić information content (AvgIpc) is 3.77. The number of hydrogen-bond acceptors (Lipinski definition) is 4. The molecule has 2 unspecified atom stereocenters. The van der Waals surface area contributed by atoms with Crippen LogP contribution in [-0.4, -0.2) is 51.8 Å². The van der Waals surface area contributed by atoms with Crippen molar-refractivity contribution < 1.29 is 18.9 Å². The lowest BCUT2D eigenvalue weighted by Gasteiger charge is -2.05. The van der Waals surface area contributed by atoms with Crippen LogP contribution in [0.2, 0.25) is 0 Å². The molecule has 2 rings (SSSR count). The minimum Gasteiger partial charge on any atom is -0.381 e. The molecule has 2 aliphatic rings. The number of rotatable bonds is 26. The second-order valence-corrected chi connectivity index (χ2v) is 10.4. The number of ether oxygens (including phenoxy) is 4. The minimum absolute atomic E-state index is 0.392. The molecule has 4 heteroatoms. The van der Waals surface area contributed by atoms with Gasteiger partial charge in [0.2, 0.25) is 0 Å². The standard InChI is InChI=1S/C24H50O.C6H10O3/c1-3-5-7-9-11-13-15-17-19-21-23-25-24-22-20-18-16-14-12-10-8-6-4-2;1(5-3-8-5)7-2-6-4-9-6/h3-24H2,1-2H3;5-6H,1-4H2. The van der Waals surface area contributed by atoms with Crippen LogP contribution in [-0.2, 0) is 18.9 Å². The van der Waals surface area contributed by atoms with Gasteiger partial charge >= 0.3 is 0 Å². The Balaban J connectivity index is 0.000000521. The lowest BCUT2D eigenvalue weighted by molar-refractivity contribution is 0.102. The Labute approximate surface area is 213 Å². The van der Waals surface area contributed by atoms with E-state index in [1.54, 1.807) is 0 Å². The molecule has 0 spiro atoms. The molecule has 4 nitrogen and oxygen atoms in total. The van der Waals surface area contributed by atoms with E-state index in [4.69, 9.17) is 18.9 Å². The van der Waals surface area contributed by atoms with Crippen LogP contribution in [0.15, 0.2) is 0 Å². The van der Waals surface area contributed by atoms with Crippen LogP contribution in [0.1, 0.15) is 142 Å². The molecule has 0 amide bonds. The van der Waals surface area contributed by atoms with Gasteiger partial charge in [0.15, 0.2) is 0 Å². The van der Waals surface area contributed by atoms with Gasteiger partial charge in [-0.25, -0.2) is 0 Å². The Hall–Kier alpha value is -0.160. The van der Waals surface area contributed by atoms with Crippen LogP contribution in [0, 0.1) is 0 Å². The second kappa shape index (κ2) is 25.9. The van der Waals surface area contributed by atoms with Gasteiger partial charge in [-0.05, 0) is 12.8 Å². The van der Waals surface area contributed by atoms with Crippen molar-refractivity contribution in [2.45, 2.75) is 154 Å². The van der Waals surface area contributed by atoms with E-state index in [1.807, 2.05) is 0 Å². The first-order valence-electron chi connectivity index (χ1n) is 15.3. The van der Waals surface area contributed by atoms with Crippen molar-refractivity contribution in [2.24, 2.45) is 0 Å². The summed E-state index contributed by atoms with van der Waals surface area (Å²) >= 11 is 0. The highest BCUT2D eigenvalue weighted by Gasteiger charge is 2.26. The number of unbranched alkanes of at least 4 members (excludes halogenated alkanes) is 18. The molecule has 2 saturated heterocycles. The summed E-state index contributed by atoms with van der Waals surface area (Å²) in [5.41, 5.74) is 0. The van der Waals surface area contributed by atoms with Crippen molar-refractivity contribution in [1.29, 1.82) is 0 Å². The number of hydrogen-bond donors (Lipinski definition) is 0. The normalized spacial score (nSPS) is 18.5. The third kappa shape index (κ3) is 26.4. The first kappa shape index (κ1) is 31.9. The van der Waals surface area contributed by atoms with Crippen LogP contribution < -0.4 is 0 Å². The molecule has 0 bridgehead atoms. The summed E-state index contributed by atoms with van der Waals surface area (Å²) in [4.78, 5) is 0. The Morgan fingerprint density at radius 1 is 0.441 bits per heavy atom. The van der Waals surface area contributed by atoms with Gasteiger partial charge < -0.3 is 18.9 Å². The predicted octanol–water partition coefficient (Wildman–Crippen LogP) is 8.65. The Morgan fingerprint density at radius 2 is 0.735 bits per heavy atom. The zero-order chi connectivity index (χ0) is 24.4. The minimum atomic E-state index is 0.392. The SMILES string of the molecule is C(OCC1CO1)C1CO1.CCCCCCCCCCCCOCCCCCCCCCCCC. The first-order chi connectivity index (χ1) is 16.9. The van der Waals surface area contributed by atoms with Crippen molar-refractivity contribution >= 4 is 0 Å². The number of epoxide rings is 2. The maximum atomic E-state index is 5.78. The van der Waals surface area contributed by atoms with E-state index in [0.717, 1.165) is 39.6 Å². The quantitative estimate of drug-likeness (QED) is 0.0910. The van der Waals surface area contributed by atoms with Crippen LogP contribution in [0.4, 0.5) is 0 Å². The van der Waals surface area contributed by atoms with Crippen molar-refractivity contribution in [3.63, 3.8) is 0 Å². The Kier molecular flexibility index (Phi) is 24.3. The first-order valence-corrected chi connectivity index (χ1v) is 15.3. The van der Waals surface area contributed by atoms with Gasteiger partial charge in [-0.15, -0.1) is 0 Å². The Morgan fingerprint density at radius 3 is 1.03 bits per heavy atom. The lowest BCUT2D eigenvalue weighted by atomic mass is 10.1. The van der Waals surface area contributed by atoms with Crippen molar-refractivity contribution in [2.75, 3.05) is 39.6 Å². The smallest absolute Gasteiger partial charge is 0.104 e.